The van der Waals surface area contributed by atoms with Crippen molar-refractivity contribution in [1.29, 1.82) is 0 Å². The maximum atomic E-state index is 15.6. The number of halogens is 4. The molecule has 172 valence electrons. The number of ether oxygens (including phenoxy) is 2. The maximum Gasteiger partial charge on any atom is 0.345 e. The molecule has 0 unspecified atom stereocenters. The highest BCUT2D eigenvalue weighted by Crippen LogP contribution is 2.41. The van der Waals surface area contributed by atoms with Crippen LogP contribution in [0.1, 0.15) is 39.7 Å². The van der Waals surface area contributed by atoms with Crippen molar-refractivity contribution in [3.63, 3.8) is 0 Å². The number of hydrogen-bond acceptors (Lipinski definition) is 6. The van der Waals surface area contributed by atoms with E-state index in [0.717, 1.165) is 11.3 Å². The summed E-state index contributed by atoms with van der Waals surface area (Å²) in [6, 6.07) is -0.194. The number of aromatic amines is 1. The van der Waals surface area contributed by atoms with Crippen LogP contribution >= 0.6 is 22.6 Å². The Hall–Kier alpha value is -2.74. The summed E-state index contributed by atoms with van der Waals surface area (Å²) in [7, 11) is 0. The Kier molecular flexibility index (Phi) is 5.72. The smallest absolute Gasteiger partial charge is 0.345 e. The summed E-state index contributed by atoms with van der Waals surface area (Å²) >= 11 is 1.83. The van der Waals surface area contributed by atoms with Gasteiger partial charge in [0.2, 0.25) is 0 Å². The molecule has 3 aromatic rings. The Morgan fingerprint density at radius 1 is 1.24 bits per heavy atom. The number of rotatable bonds is 5. The molecule has 1 aliphatic heterocycles. The summed E-state index contributed by atoms with van der Waals surface area (Å²) in [5.41, 5.74) is 4.09. The van der Waals surface area contributed by atoms with Gasteiger partial charge in [-0.15, -0.1) is 0 Å². The summed E-state index contributed by atoms with van der Waals surface area (Å²) in [5, 5.41) is 2.92. The Morgan fingerprint density at radius 3 is 2.82 bits per heavy atom. The number of amides is 1. The number of pyridine rings is 1. The number of fused-ring (bicyclic) bond motifs is 5. The highest BCUT2D eigenvalue weighted by Gasteiger charge is 2.34. The van der Waals surface area contributed by atoms with Crippen LogP contribution in [0.2, 0.25) is 0 Å². The molecule has 1 aliphatic carbocycles. The number of nitrogens with zero attached hydrogens (tertiary/aromatic N) is 3. The van der Waals surface area contributed by atoms with E-state index >= 15 is 4.39 Å². The minimum Gasteiger partial charge on any atom is -0.402 e. The molecule has 0 bridgehead atoms. The first-order chi connectivity index (χ1) is 15.8. The topological polar surface area (TPSA) is 102 Å². The molecule has 5 rings (SSSR count). The lowest BCUT2D eigenvalue weighted by molar-refractivity contribution is -0.137. The monoisotopic (exact) mass is 571 g/mol. The van der Waals surface area contributed by atoms with Gasteiger partial charge in [-0.1, -0.05) is 0 Å². The first kappa shape index (κ1) is 22.1. The summed E-state index contributed by atoms with van der Waals surface area (Å²) in [6.07, 6.45) is 4.58. The Bertz CT molecular complexity index is 1270. The van der Waals surface area contributed by atoms with Crippen LogP contribution in [-0.4, -0.2) is 38.5 Å². The van der Waals surface area contributed by atoms with E-state index in [1.807, 2.05) is 29.5 Å². The molecule has 4 heterocycles. The van der Waals surface area contributed by atoms with Crippen molar-refractivity contribution < 1.29 is 27.4 Å². The molecule has 0 spiro atoms. The number of aryl methyl sites for hydroxylation is 1. The molecular formula is C21H17F3IN5O3. The van der Waals surface area contributed by atoms with Crippen LogP contribution in [0.5, 0.6) is 11.9 Å². The molecule has 3 aromatic heterocycles. The predicted molar refractivity (Wildman–Crippen MR) is 118 cm³/mol. The van der Waals surface area contributed by atoms with Crippen LogP contribution in [0.4, 0.5) is 13.2 Å². The van der Waals surface area contributed by atoms with Crippen LogP contribution in [-0.2, 0) is 30.6 Å². The number of carbonyl (C=O) groups is 1. The van der Waals surface area contributed by atoms with E-state index < -0.39 is 12.4 Å². The molecule has 0 aromatic carbocycles. The molecule has 33 heavy (non-hydrogen) atoms. The number of aromatic nitrogens is 4. The van der Waals surface area contributed by atoms with Crippen LogP contribution < -0.4 is 10.1 Å². The third-order valence-electron chi connectivity index (χ3n) is 5.60. The molecule has 0 radical (unpaired) electrons. The van der Waals surface area contributed by atoms with Crippen molar-refractivity contribution in [2.75, 3.05) is 0 Å². The number of nitrogens with one attached hydrogen (secondary N) is 2. The predicted octanol–water partition coefficient (Wildman–Crippen LogP) is 3.91. The number of alkyl halides is 2. The highest BCUT2D eigenvalue weighted by atomic mass is 127. The molecule has 12 heteroatoms. The van der Waals surface area contributed by atoms with Gasteiger partial charge in [0.1, 0.15) is 3.70 Å². The van der Waals surface area contributed by atoms with Gasteiger partial charge >= 0.3 is 12.6 Å². The summed E-state index contributed by atoms with van der Waals surface area (Å²) in [6.45, 7) is -1.37. The largest absolute Gasteiger partial charge is 0.402 e. The molecule has 1 atom stereocenters. The molecular weight excluding hydrogens is 554 g/mol. The van der Waals surface area contributed by atoms with E-state index in [1.165, 1.54) is 12.4 Å². The molecule has 0 fully saturated rings. The van der Waals surface area contributed by atoms with Gasteiger partial charge in [0.15, 0.2) is 5.82 Å². The zero-order valence-electron chi connectivity index (χ0n) is 17.2. The van der Waals surface area contributed by atoms with E-state index in [-0.39, 0.29) is 30.4 Å². The van der Waals surface area contributed by atoms with Gasteiger partial charge in [-0.3, -0.25) is 4.79 Å². The average molecular weight is 571 g/mol. The molecule has 2 N–H and O–H groups in total. The van der Waals surface area contributed by atoms with E-state index in [4.69, 9.17) is 4.74 Å². The summed E-state index contributed by atoms with van der Waals surface area (Å²) in [4.78, 5) is 27.9. The molecule has 8 nitrogen and oxygen atoms in total. The van der Waals surface area contributed by atoms with Crippen molar-refractivity contribution in [1.82, 2.24) is 25.3 Å². The lowest BCUT2D eigenvalue weighted by Crippen LogP contribution is -2.39. The Balaban J connectivity index is 1.48. The Morgan fingerprint density at radius 2 is 2.06 bits per heavy atom. The van der Waals surface area contributed by atoms with Crippen molar-refractivity contribution in [3.05, 3.63) is 49.9 Å². The summed E-state index contributed by atoms with van der Waals surface area (Å²) < 4.78 is 50.2. The van der Waals surface area contributed by atoms with Gasteiger partial charge in [0.05, 0.1) is 17.9 Å². The van der Waals surface area contributed by atoms with Crippen molar-refractivity contribution >= 4 is 28.5 Å². The molecule has 2 aliphatic rings. The molecule has 1 amide bonds. The van der Waals surface area contributed by atoms with E-state index in [1.54, 1.807) is 0 Å². The van der Waals surface area contributed by atoms with Gasteiger partial charge < -0.3 is 19.8 Å². The van der Waals surface area contributed by atoms with Gasteiger partial charge in [-0.25, -0.2) is 14.4 Å². The Labute approximate surface area is 199 Å². The van der Waals surface area contributed by atoms with Crippen LogP contribution in [0, 0.1) is 9.52 Å². The third-order valence-corrected chi connectivity index (χ3v) is 6.53. The van der Waals surface area contributed by atoms with Crippen LogP contribution in [0.15, 0.2) is 12.4 Å². The number of hydrogen-bond donors (Lipinski definition) is 2. The highest BCUT2D eigenvalue weighted by molar-refractivity contribution is 14.1. The number of H-pyrrole nitrogens is 1. The van der Waals surface area contributed by atoms with Gasteiger partial charge in [-0.05, 0) is 53.5 Å². The van der Waals surface area contributed by atoms with E-state index in [0.29, 0.717) is 50.9 Å². The van der Waals surface area contributed by atoms with Crippen LogP contribution in [0.25, 0.3) is 11.3 Å². The van der Waals surface area contributed by atoms with E-state index in [2.05, 4.69) is 30.0 Å². The van der Waals surface area contributed by atoms with Crippen molar-refractivity contribution in [2.24, 2.45) is 0 Å². The van der Waals surface area contributed by atoms with E-state index in [9.17, 15) is 13.6 Å². The van der Waals surface area contributed by atoms with Gasteiger partial charge in [0.25, 0.3) is 11.8 Å². The lowest BCUT2D eigenvalue weighted by Gasteiger charge is -2.21. The maximum absolute atomic E-state index is 15.6. The minimum atomic E-state index is -2.91. The second-order valence-electron chi connectivity index (χ2n) is 7.83. The number of carbonyl (C=O) groups excluding carboxylic acids is 1. The third kappa shape index (κ3) is 4.05. The molecule has 0 saturated heterocycles. The average Bonchev–Trinajstić information content (AvgIpc) is 3.13. The fourth-order valence-corrected chi connectivity index (χ4v) is 4.69. The minimum absolute atomic E-state index is 0.0144. The second-order valence-corrected chi connectivity index (χ2v) is 8.85. The second kappa shape index (κ2) is 8.56. The SMILES string of the molecule is C[C@H]1Cc2[nH]c3c(c2C(=O)N1)CCc1cnc(Oc2ncc(COC(F)F)c(I)n2)c(F)c1-3. The van der Waals surface area contributed by atoms with Gasteiger partial charge in [-0.2, -0.15) is 13.8 Å². The zero-order valence-corrected chi connectivity index (χ0v) is 19.4. The zero-order chi connectivity index (χ0) is 23.3. The fraction of sp³-hybridized carbons (Fsp3) is 0.333. The van der Waals surface area contributed by atoms with Crippen molar-refractivity contribution in [2.45, 2.75) is 45.4 Å². The first-order valence-electron chi connectivity index (χ1n) is 10.1. The van der Waals surface area contributed by atoms with Crippen LogP contribution in [0.3, 0.4) is 0 Å². The summed E-state index contributed by atoms with van der Waals surface area (Å²) in [5.74, 6) is -1.17. The quantitative estimate of drug-likeness (QED) is 0.356. The van der Waals surface area contributed by atoms with Crippen molar-refractivity contribution in [3.8, 4) is 23.1 Å². The first-order valence-corrected chi connectivity index (χ1v) is 11.2. The standard InChI is InChI=1S/C21H17F3IN5O3/c1-8-4-12-14(18(31)28-8)11-3-2-9-5-26-19(15(22)13(9)16(11)29-12)33-21-27-6-10(17(25)30-21)7-32-20(23)24/h5-6,8,20,29H,2-4,7H2,1H3,(H,28,31)/t8-/m0/s1. The molecule has 0 saturated carbocycles. The lowest BCUT2D eigenvalue weighted by atomic mass is 9.88. The fourth-order valence-electron chi connectivity index (χ4n) is 4.19. The normalized spacial score (nSPS) is 16.8. The van der Waals surface area contributed by atoms with Gasteiger partial charge in [0, 0.05) is 41.7 Å².